The van der Waals surface area contributed by atoms with Gasteiger partial charge in [-0.1, -0.05) is 32.9 Å². The van der Waals surface area contributed by atoms with E-state index >= 15 is 0 Å². The molecule has 5 nitrogen and oxygen atoms in total. The Labute approximate surface area is 102 Å². The zero-order valence-electron chi connectivity index (χ0n) is 10.4. The molecule has 0 saturated heterocycles. The monoisotopic (exact) mass is 243 g/mol. The first-order valence-electron chi connectivity index (χ1n) is 5.74. The Balaban J connectivity index is 3.92. The van der Waals surface area contributed by atoms with Crippen molar-refractivity contribution >= 4 is 11.8 Å². The van der Waals surface area contributed by atoms with Crippen molar-refractivity contribution in [2.45, 2.75) is 32.9 Å². The lowest BCUT2D eigenvalue weighted by molar-refractivity contribution is -0.143. The van der Waals surface area contributed by atoms with Gasteiger partial charge in [0, 0.05) is 5.92 Å². The van der Waals surface area contributed by atoms with Crippen molar-refractivity contribution in [3.63, 3.8) is 0 Å². The summed E-state index contributed by atoms with van der Waals surface area (Å²) in [6.07, 6.45) is 1.73. The highest BCUT2D eigenvalue weighted by molar-refractivity contribution is 5.85. The van der Waals surface area contributed by atoms with E-state index in [0.717, 1.165) is 12.8 Å². The van der Waals surface area contributed by atoms with E-state index in [9.17, 15) is 14.7 Å². The molecule has 17 heavy (non-hydrogen) atoms. The van der Waals surface area contributed by atoms with Crippen molar-refractivity contribution in [1.82, 2.24) is 5.32 Å². The highest BCUT2D eigenvalue weighted by atomic mass is 16.5. The van der Waals surface area contributed by atoms with Crippen molar-refractivity contribution in [1.29, 1.82) is 0 Å². The van der Waals surface area contributed by atoms with Crippen LogP contribution in [0, 0.1) is 5.92 Å². The van der Waals surface area contributed by atoms with Gasteiger partial charge in [0.05, 0.1) is 6.54 Å². The second-order valence-corrected chi connectivity index (χ2v) is 3.85. The summed E-state index contributed by atoms with van der Waals surface area (Å²) >= 11 is 0. The molecule has 0 aromatic heterocycles. The van der Waals surface area contributed by atoms with Gasteiger partial charge in [0.2, 0.25) is 0 Å². The maximum absolute atomic E-state index is 11.6. The third-order valence-electron chi connectivity index (χ3n) is 2.28. The van der Waals surface area contributed by atoms with E-state index in [2.05, 4.69) is 16.6 Å². The number of Topliss-reactive ketones (excluding diaryl/α,β-unsaturated/α-hetero) is 1. The summed E-state index contributed by atoms with van der Waals surface area (Å²) < 4.78 is 4.69. The predicted octanol–water partition coefficient (Wildman–Crippen LogP) is 0.629. The van der Waals surface area contributed by atoms with Gasteiger partial charge in [-0.25, -0.2) is 0 Å². The second-order valence-electron chi connectivity index (χ2n) is 3.85. The van der Waals surface area contributed by atoms with Crippen LogP contribution in [-0.4, -0.2) is 36.2 Å². The molecule has 0 spiro atoms. The minimum atomic E-state index is -1.31. The Hall–Kier alpha value is -1.20. The van der Waals surface area contributed by atoms with E-state index < -0.39 is 12.2 Å². The van der Waals surface area contributed by atoms with Gasteiger partial charge in [-0.2, -0.15) is 0 Å². The second kappa shape index (κ2) is 8.90. The van der Waals surface area contributed by atoms with Crippen molar-refractivity contribution in [2.75, 3.05) is 13.2 Å². The molecule has 98 valence electrons. The van der Waals surface area contributed by atoms with Gasteiger partial charge in [-0.15, -0.1) is 0 Å². The fourth-order valence-corrected chi connectivity index (χ4v) is 1.33. The van der Waals surface area contributed by atoms with Crippen molar-refractivity contribution in [3.8, 4) is 0 Å². The average Bonchev–Trinajstić information content (AvgIpc) is 2.32. The SMILES string of the molecule is C=CCOC(=O)CNC(O)C(=O)C(C)CCC. The summed E-state index contributed by atoms with van der Waals surface area (Å²) in [6.45, 7) is 7.05. The van der Waals surface area contributed by atoms with Crippen LogP contribution < -0.4 is 5.32 Å². The van der Waals surface area contributed by atoms with Gasteiger partial charge in [-0.05, 0) is 6.42 Å². The van der Waals surface area contributed by atoms with Crippen LogP contribution in [0.15, 0.2) is 12.7 Å². The quantitative estimate of drug-likeness (QED) is 0.353. The number of ketones is 1. The van der Waals surface area contributed by atoms with Crippen LogP contribution in [0.1, 0.15) is 26.7 Å². The summed E-state index contributed by atoms with van der Waals surface area (Å²) in [6, 6.07) is 0. The van der Waals surface area contributed by atoms with Gasteiger partial charge in [0.1, 0.15) is 6.61 Å². The van der Waals surface area contributed by atoms with E-state index in [0.29, 0.717) is 0 Å². The Morgan fingerprint density at radius 1 is 1.53 bits per heavy atom. The highest BCUT2D eigenvalue weighted by Crippen LogP contribution is 2.07. The summed E-state index contributed by atoms with van der Waals surface area (Å²) in [4.78, 5) is 22.6. The lowest BCUT2D eigenvalue weighted by Crippen LogP contribution is -2.42. The molecule has 0 aliphatic carbocycles. The molecule has 0 amide bonds. The first-order chi connectivity index (χ1) is 8.02. The van der Waals surface area contributed by atoms with Gasteiger partial charge in [-0.3, -0.25) is 14.9 Å². The fourth-order valence-electron chi connectivity index (χ4n) is 1.33. The molecule has 2 unspecified atom stereocenters. The first-order valence-corrected chi connectivity index (χ1v) is 5.74. The van der Waals surface area contributed by atoms with Gasteiger partial charge >= 0.3 is 5.97 Å². The number of carbonyl (C=O) groups is 2. The Kier molecular flexibility index (Phi) is 8.27. The van der Waals surface area contributed by atoms with E-state index in [-0.39, 0.29) is 24.9 Å². The lowest BCUT2D eigenvalue weighted by Gasteiger charge is -2.15. The number of carbonyl (C=O) groups excluding carboxylic acids is 2. The number of ether oxygens (including phenoxy) is 1. The third-order valence-corrected chi connectivity index (χ3v) is 2.28. The van der Waals surface area contributed by atoms with Crippen LogP contribution in [0.5, 0.6) is 0 Å². The molecule has 0 saturated carbocycles. The number of rotatable bonds is 9. The van der Waals surface area contributed by atoms with E-state index in [1.54, 1.807) is 6.92 Å². The molecule has 0 aromatic carbocycles. The molecule has 0 rings (SSSR count). The standard InChI is InChI=1S/C12H21NO4/c1-4-6-9(3)11(15)12(16)13-8-10(14)17-7-5-2/h5,9,12-13,16H,2,4,6-8H2,1,3H3. The molecule has 5 heteroatoms. The lowest BCUT2D eigenvalue weighted by atomic mass is 10.00. The molecule has 2 atom stereocenters. The number of aliphatic hydroxyl groups is 1. The van der Waals surface area contributed by atoms with Crippen LogP contribution in [0.3, 0.4) is 0 Å². The van der Waals surface area contributed by atoms with Crippen molar-refractivity contribution < 1.29 is 19.4 Å². The minimum absolute atomic E-state index is 0.122. The largest absolute Gasteiger partial charge is 0.461 e. The summed E-state index contributed by atoms with van der Waals surface area (Å²) in [5, 5.41) is 11.9. The normalized spacial score (nSPS) is 13.8. The number of hydrogen-bond donors (Lipinski definition) is 2. The first kappa shape index (κ1) is 15.8. The fraction of sp³-hybridized carbons (Fsp3) is 0.667. The van der Waals surface area contributed by atoms with Crippen LogP contribution in [-0.2, 0) is 14.3 Å². The van der Waals surface area contributed by atoms with Crippen LogP contribution in [0.25, 0.3) is 0 Å². The van der Waals surface area contributed by atoms with Crippen LogP contribution >= 0.6 is 0 Å². The molecule has 0 fully saturated rings. The molecular weight excluding hydrogens is 222 g/mol. The van der Waals surface area contributed by atoms with E-state index in [4.69, 9.17) is 0 Å². The Morgan fingerprint density at radius 3 is 2.71 bits per heavy atom. The number of esters is 1. The maximum Gasteiger partial charge on any atom is 0.320 e. The van der Waals surface area contributed by atoms with Crippen LogP contribution in [0.2, 0.25) is 0 Å². The predicted molar refractivity (Wildman–Crippen MR) is 64.2 cm³/mol. The minimum Gasteiger partial charge on any atom is -0.461 e. The smallest absolute Gasteiger partial charge is 0.320 e. The molecule has 2 N–H and O–H groups in total. The van der Waals surface area contributed by atoms with Gasteiger partial charge in [0.15, 0.2) is 12.0 Å². The van der Waals surface area contributed by atoms with Crippen molar-refractivity contribution in [3.05, 3.63) is 12.7 Å². The summed E-state index contributed by atoms with van der Waals surface area (Å²) in [5.41, 5.74) is 0. The van der Waals surface area contributed by atoms with Crippen molar-refractivity contribution in [2.24, 2.45) is 5.92 Å². The zero-order valence-corrected chi connectivity index (χ0v) is 10.4. The van der Waals surface area contributed by atoms with E-state index in [1.807, 2.05) is 6.92 Å². The molecule has 0 heterocycles. The van der Waals surface area contributed by atoms with Gasteiger partial charge in [0.25, 0.3) is 0 Å². The average molecular weight is 243 g/mol. The Bertz CT molecular complexity index is 265. The topological polar surface area (TPSA) is 75.6 Å². The molecule has 0 aromatic rings. The summed E-state index contributed by atoms with van der Waals surface area (Å²) in [7, 11) is 0. The Morgan fingerprint density at radius 2 is 2.18 bits per heavy atom. The molecule has 0 aliphatic rings. The molecule has 0 aliphatic heterocycles. The van der Waals surface area contributed by atoms with Gasteiger partial charge < -0.3 is 9.84 Å². The van der Waals surface area contributed by atoms with E-state index in [1.165, 1.54) is 6.08 Å². The molecule has 0 radical (unpaired) electrons. The highest BCUT2D eigenvalue weighted by Gasteiger charge is 2.21. The molecule has 0 bridgehead atoms. The number of nitrogens with one attached hydrogen (secondary N) is 1. The molecular formula is C12H21NO4. The number of hydrogen-bond acceptors (Lipinski definition) is 5. The third kappa shape index (κ3) is 6.86. The maximum atomic E-state index is 11.6. The number of aliphatic hydroxyl groups excluding tert-OH is 1. The zero-order chi connectivity index (χ0) is 13.3. The van der Waals surface area contributed by atoms with Crippen LogP contribution in [0.4, 0.5) is 0 Å². The summed E-state index contributed by atoms with van der Waals surface area (Å²) in [5.74, 6) is -1.05.